The maximum Gasteiger partial charge on any atom is 0.240 e. The molecule has 0 atom stereocenters. The summed E-state index contributed by atoms with van der Waals surface area (Å²) in [6, 6.07) is 77.3. The minimum atomic E-state index is 0.545. The van der Waals surface area contributed by atoms with Gasteiger partial charge in [-0.05, 0) is 76.9 Å². The largest absolute Gasteiger partial charge is 0.309 e. The number of hydrogen-bond acceptors (Lipinski definition) is 3. The molecule has 4 heterocycles. The van der Waals surface area contributed by atoms with Crippen molar-refractivity contribution in [1.29, 1.82) is 0 Å². The van der Waals surface area contributed by atoms with E-state index >= 15 is 0 Å². The van der Waals surface area contributed by atoms with Crippen LogP contribution in [0.3, 0.4) is 0 Å². The Kier molecular flexibility index (Phi) is 7.80. The lowest BCUT2D eigenvalue weighted by atomic mass is 10.0. The molecule has 0 aliphatic heterocycles. The van der Waals surface area contributed by atoms with Crippen LogP contribution in [0.15, 0.2) is 218 Å². The number of fused-ring (bicyclic) bond motifs is 10. The van der Waals surface area contributed by atoms with Gasteiger partial charge in [0.2, 0.25) is 11.9 Å². The molecule has 0 N–H and O–H groups in total. The number of benzene rings is 9. The van der Waals surface area contributed by atoms with Crippen molar-refractivity contribution in [2.24, 2.45) is 0 Å². The van der Waals surface area contributed by atoms with Crippen molar-refractivity contribution < 1.29 is 0 Å². The standard InChI is InChI=1S/C57H36N6/c1-5-17-37(18-6-1)40-29-32-50-46(35-40)47-36-41(38-19-7-2-8-20-38)30-33-51(47)62(50)56-58-55(39-21-9-3-10-22-39)59-57(60-56)63-48-27-15-13-25-43(48)44-31-34-52-53(54(44)63)45-26-14-16-28-49(45)61(52)42-23-11-4-12-24-42/h1-36H. The Hall–Kier alpha value is -8.61. The number of nitrogens with zero attached hydrogens (tertiary/aromatic N) is 6. The Morgan fingerprint density at radius 1 is 0.270 bits per heavy atom. The van der Waals surface area contributed by atoms with Gasteiger partial charge in [0.05, 0.1) is 33.1 Å². The minimum absolute atomic E-state index is 0.545. The molecule has 0 unspecified atom stereocenters. The van der Waals surface area contributed by atoms with E-state index in [1.54, 1.807) is 0 Å². The van der Waals surface area contributed by atoms with Crippen LogP contribution < -0.4 is 0 Å². The molecule has 6 nitrogen and oxygen atoms in total. The van der Waals surface area contributed by atoms with Crippen LogP contribution >= 0.6 is 0 Å². The molecule has 4 aromatic heterocycles. The fraction of sp³-hybridized carbons (Fsp3) is 0. The van der Waals surface area contributed by atoms with E-state index in [2.05, 4.69) is 214 Å². The quantitative estimate of drug-likeness (QED) is 0.168. The zero-order valence-corrected chi connectivity index (χ0v) is 34.0. The first-order chi connectivity index (χ1) is 31.3. The molecule has 13 aromatic rings. The zero-order valence-electron chi connectivity index (χ0n) is 34.0. The number of rotatable bonds is 6. The highest BCUT2D eigenvalue weighted by molar-refractivity contribution is 6.26. The molecule has 0 aliphatic carbocycles. The second-order valence-electron chi connectivity index (χ2n) is 16.1. The maximum absolute atomic E-state index is 5.55. The smallest absolute Gasteiger partial charge is 0.240 e. The molecule has 294 valence electrons. The molecule has 0 bridgehead atoms. The van der Waals surface area contributed by atoms with Crippen molar-refractivity contribution in [3.05, 3.63) is 218 Å². The van der Waals surface area contributed by atoms with E-state index in [4.69, 9.17) is 15.0 Å². The van der Waals surface area contributed by atoms with Crippen LogP contribution in [-0.4, -0.2) is 28.7 Å². The Labute approximate surface area is 362 Å². The molecule has 0 fully saturated rings. The van der Waals surface area contributed by atoms with Gasteiger partial charge in [0.15, 0.2) is 5.82 Å². The predicted octanol–water partition coefficient (Wildman–Crippen LogP) is 14.2. The van der Waals surface area contributed by atoms with E-state index in [0.29, 0.717) is 17.7 Å². The third-order valence-corrected chi connectivity index (χ3v) is 12.5. The van der Waals surface area contributed by atoms with Gasteiger partial charge in [-0.15, -0.1) is 0 Å². The highest BCUT2D eigenvalue weighted by atomic mass is 15.3. The van der Waals surface area contributed by atoms with Crippen molar-refractivity contribution in [2.45, 2.75) is 0 Å². The highest BCUT2D eigenvalue weighted by Crippen LogP contribution is 2.42. The van der Waals surface area contributed by atoms with Gasteiger partial charge < -0.3 is 4.57 Å². The average Bonchev–Trinajstić information content (AvgIpc) is 4.00. The van der Waals surface area contributed by atoms with Crippen molar-refractivity contribution in [3.63, 3.8) is 0 Å². The maximum atomic E-state index is 5.55. The fourth-order valence-electron chi connectivity index (χ4n) is 9.70. The van der Waals surface area contributed by atoms with Crippen molar-refractivity contribution in [3.8, 4) is 51.2 Å². The van der Waals surface area contributed by atoms with Gasteiger partial charge in [0.25, 0.3) is 0 Å². The van der Waals surface area contributed by atoms with Crippen LogP contribution in [0.2, 0.25) is 0 Å². The van der Waals surface area contributed by atoms with Gasteiger partial charge in [0.1, 0.15) is 0 Å². The molecular formula is C57H36N6. The number of aromatic nitrogens is 6. The summed E-state index contributed by atoms with van der Waals surface area (Å²) in [7, 11) is 0. The summed E-state index contributed by atoms with van der Waals surface area (Å²) in [5.74, 6) is 1.69. The minimum Gasteiger partial charge on any atom is -0.309 e. The van der Waals surface area contributed by atoms with Crippen LogP contribution in [0.1, 0.15) is 0 Å². The molecule has 0 aliphatic rings. The van der Waals surface area contributed by atoms with Crippen LogP contribution in [0, 0.1) is 0 Å². The van der Waals surface area contributed by atoms with Crippen LogP contribution in [0.25, 0.3) is 117 Å². The molecule has 0 spiro atoms. The molecule has 9 aromatic carbocycles. The summed E-state index contributed by atoms with van der Waals surface area (Å²) < 4.78 is 6.85. The molecule has 0 saturated carbocycles. The number of hydrogen-bond donors (Lipinski definition) is 0. The fourth-order valence-corrected chi connectivity index (χ4v) is 9.70. The Bertz CT molecular complexity index is 3790. The van der Waals surface area contributed by atoms with E-state index in [1.165, 1.54) is 11.1 Å². The topological polar surface area (TPSA) is 53.5 Å². The Balaban J connectivity index is 1.14. The third kappa shape index (κ3) is 5.48. The summed E-state index contributed by atoms with van der Waals surface area (Å²) in [5.41, 5.74) is 13.0. The average molecular weight is 805 g/mol. The summed E-state index contributed by atoms with van der Waals surface area (Å²) in [5, 5.41) is 6.82. The lowest BCUT2D eigenvalue weighted by Crippen LogP contribution is -2.10. The van der Waals surface area contributed by atoms with Gasteiger partial charge in [-0.2, -0.15) is 15.0 Å². The summed E-state index contributed by atoms with van der Waals surface area (Å²) >= 11 is 0. The molecule has 0 amide bonds. The lowest BCUT2D eigenvalue weighted by Gasteiger charge is -2.13. The monoisotopic (exact) mass is 804 g/mol. The Morgan fingerprint density at radius 2 is 0.730 bits per heavy atom. The van der Waals surface area contributed by atoms with Crippen LogP contribution in [0.4, 0.5) is 0 Å². The lowest BCUT2D eigenvalue weighted by molar-refractivity contribution is 0.894. The predicted molar refractivity (Wildman–Crippen MR) is 259 cm³/mol. The van der Waals surface area contributed by atoms with E-state index in [1.807, 2.05) is 18.2 Å². The Morgan fingerprint density at radius 3 is 1.33 bits per heavy atom. The first-order valence-corrected chi connectivity index (χ1v) is 21.3. The normalized spacial score (nSPS) is 11.8. The van der Waals surface area contributed by atoms with E-state index in [-0.39, 0.29) is 0 Å². The SMILES string of the molecule is c1ccc(-c2ccc3c(c2)c2cc(-c4ccccc4)ccc2n3-c2nc(-c3ccccc3)nc(-n3c4ccccc4c4ccc5c(c6ccccc6n5-c5ccccc5)c43)n2)cc1. The van der Waals surface area contributed by atoms with Gasteiger partial charge in [-0.3, -0.25) is 9.13 Å². The van der Waals surface area contributed by atoms with Gasteiger partial charge in [0, 0.05) is 43.6 Å². The molecular weight excluding hydrogens is 769 g/mol. The van der Waals surface area contributed by atoms with Gasteiger partial charge in [-0.25, -0.2) is 0 Å². The van der Waals surface area contributed by atoms with Crippen molar-refractivity contribution in [1.82, 2.24) is 28.7 Å². The van der Waals surface area contributed by atoms with Crippen LogP contribution in [0.5, 0.6) is 0 Å². The van der Waals surface area contributed by atoms with Gasteiger partial charge in [-0.1, -0.05) is 164 Å². The molecule has 63 heavy (non-hydrogen) atoms. The number of para-hydroxylation sites is 3. The first-order valence-electron chi connectivity index (χ1n) is 21.3. The molecule has 0 radical (unpaired) electrons. The summed E-state index contributed by atoms with van der Waals surface area (Å²) in [4.78, 5) is 16.3. The summed E-state index contributed by atoms with van der Waals surface area (Å²) in [6.45, 7) is 0. The first kappa shape index (κ1) is 35.2. The van der Waals surface area contributed by atoms with E-state index in [9.17, 15) is 0 Å². The van der Waals surface area contributed by atoms with Crippen LogP contribution in [-0.2, 0) is 0 Å². The second kappa shape index (κ2) is 14.0. The van der Waals surface area contributed by atoms with Crippen molar-refractivity contribution in [2.75, 3.05) is 0 Å². The second-order valence-corrected chi connectivity index (χ2v) is 16.1. The zero-order chi connectivity index (χ0) is 41.4. The molecule has 6 heteroatoms. The molecule has 0 saturated heterocycles. The van der Waals surface area contributed by atoms with Gasteiger partial charge >= 0.3 is 0 Å². The van der Waals surface area contributed by atoms with Crippen molar-refractivity contribution >= 4 is 65.4 Å². The third-order valence-electron chi connectivity index (χ3n) is 12.5. The molecule has 13 rings (SSSR count). The van der Waals surface area contributed by atoms with E-state index < -0.39 is 0 Å². The highest BCUT2D eigenvalue weighted by Gasteiger charge is 2.24. The summed E-state index contributed by atoms with van der Waals surface area (Å²) in [6.07, 6.45) is 0. The van der Waals surface area contributed by atoms with E-state index in [0.717, 1.165) is 87.8 Å².